The van der Waals surface area contributed by atoms with E-state index in [1.54, 1.807) is 0 Å². The van der Waals surface area contributed by atoms with Gasteiger partial charge in [-0.15, -0.1) is 11.3 Å². The zero-order valence-electron chi connectivity index (χ0n) is 10.8. The molecule has 4 nitrogen and oxygen atoms in total. The molecule has 0 unspecified atom stereocenters. The van der Waals surface area contributed by atoms with E-state index in [-0.39, 0.29) is 0 Å². The summed E-state index contributed by atoms with van der Waals surface area (Å²) in [5, 5.41) is 0. The van der Waals surface area contributed by atoms with Gasteiger partial charge >= 0.3 is 11.9 Å². The Morgan fingerprint density at radius 3 is 3.05 bits per heavy atom. The van der Waals surface area contributed by atoms with Gasteiger partial charge in [-0.2, -0.15) is 0 Å². The lowest BCUT2D eigenvalue weighted by Gasteiger charge is -2.16. The van der Waals surface area contributed by atoms with Crippen molar-refractivity contribution in [3.05, 3.63) is 21.4 Å². The quantitative estimate of drug-likeness (QED) is 0.780. The molecule has 0 bridgehead atoms. The van der Waals surface area contributed by atoms with E-state index in [9.17, 15) is 9.59 Å². The second-order valence-corrected chi connectivity index (χ2v) is 6.39. The number of hydrogen-bond donors (Lipinski definition) is 0. The highest BCUT2D eigenvalue weighted by atomic mass is 32.1. The van der Waals surface area contributed by atoms with Gasteiger partial charge in [-0.25, -0.2) is 9.59 Å². The topological polar surface area (TPSA) is 52.6 Å². The molecule has 0 N–H and O–H groups in total. The van der Waals surface area contributed by atoms with Crippen LogP contribution in [0.2, 0.25) is 0 Å². The Hall–Kier alpha value is -1.36. The van der Waals surface area contributed by atoms with Gasteiger partial charge in [-0.1, -0.05) is 6.92 Å². The van der Waals surface area contributed by atoms with Crippen LogP contribution in [-0.2, 0) is 27.1 Å². The highest BCUT2D eigenvalue weighted by molar-refractivity contribution is 7.14. The predicted octanol–water partition coefficient (Wildman–Crippen LogP) is 2.35. The Morgan fingerprint density at radius 2 is 2.32 bits per heavy atom. The summed E-state index contributed by atoms with van der Waals surface area (Å²) in [7, 11) is 0. The van der Waals surface area contributed by atoms with Gasteiger partial charge in [-0.3, -0.25) is 0 Å². The summed E-state index contributed by atoms with van der Waals surface area (Å²) in [5.74, 6) is -0.144. The molecule has 102 valence electrons. The van der Waals surface area contributed by atoms with Gasteiger partial charge in [-0.05, 0) is 36.8 Å². The Bertz CT molecular complexity index is 520. The van der Waals surface area contributed by atoms with Crippen LogP contribution in [0.15, 0.2) is 6.07 Å². The fourth-order valence-corrected chi connectivity index (χ4v) is 3.67. The van der Waals surface area contributed by atoms with Crippen LogP contribution in [0.4, 0.5) is 0 Å². The SMILES string of the molecule is C[C@H]1CCc2sc(C(=O)O[C@@H]3CCOC3=O)cc2C1. The minimum Gasteiger partial charge on any atom is -0.463 e. The average Bonchev–Trinajstić information content (AvgIpc) is 2.96. The van der Waals surface area contributed by atoms with Gasteiger partial charge in [0.25, 0.3) is 0 Å². The van der Waals surface area contributed by atoms with Gasteiger partial charge in [0.05, 0.1) is 6.61 Å². The van der Waals surface area contributed by atoms with E-state index in [1.807, 2.05) is 6.07 Å². The molecule has 0 amide bonds. The maximum Gasteiger partial charge on any atom is 0.349 e. The number of carbonyl (C=O) groups is 2. The molecule has 19 heavy (non-hydrogen) atoms. The molecule has 0 saturated carbocycles. The Balaban J connectivity index is 1.72. The van der Waals surface area contributed by atoms with E-state index < -0.39 is 18.0 Å². The summed E-state index contributed by atoms with van der Waals surface area (Å²) in [6.45, 7) is 2.57. The van der Waals surface area contributed by atoms with Gasteiger partial charge in [0, 0.05) is 11.3 Å². The molecule has 5 heteroatoms. The minimum absolute atomic E-state index is 0.342. The number of cyclic esters (lactones) is 1. The first-order valence-electron chi connectivity index (χ1n) is 6.62. The van der Waals surface area contributed by atoms with Crippen molar-refractivity contribution >= 4 is 23.3 Å². The van der Waals surface area contributed by atoms with E-state index in [0.29, 0.717) is 23.8 Å². The highest BCUT2D eigenvalue weighted by Gasteiger charge is 2.31. The molecule has 0 radical (unpaired) electrons. The standard InChI is InChI=1S/C14H16O4S/c1-8-2-3-11-9(6-8)7-12(19-11)14(16)18-10-4-5-17-13(10)15/h7-8,10H,2-6H2,1H3/t8-,10+/m0/s1. The van der Waals surface area contributed by atoms with Gasteiger partial charge in [0.2, 0.25) is 6.10 Å². The van der Waals surface area contributed by atoms with Crippen molar-refractivity contribution in [3.8, 4) is 0 Å². The summed E-state index contributed by atoms with van der Waals surface area (Å²) in [5.41, 5.74) is 1.27. The lowest BCUT2D eigenvalue weighted by atomic mass is 9.90. The van der Waals surface area contributed by atoms with Crippen LogP contribution in [0.5, 0.6) is 0 Å². The van der Waals surface area contributed by atoms with Crippen molar-refractivity contribution in [2.45, 2.75) is 38.7 Å². The van der Waals surface area contributed by atoms with Crippen LogP contribution >= 0.6 is 11.3 Å². The van der Waals surface area contributed by atoms with E-state index in [0.717, 1.165) is 12.8 Å². The molecule has 3 rings (SSSR count). The molecule has 2 aliphatic rings. The highest BCUT2D eigenvalue weighted by Crippen LogP contribution is 2.32. The first-order chi connectivity index (χ1) is 9.13. The number of hydrogen-bond acceptors (Lipinski definition) is 5. The van der Waals surface area contributed by atoms with Crippen LogP contribution in [0.25, 0.3) is 0 Å². The van der Waals surface area contributed by atoms with Crippen molar-refractivity contribution in [2.24, 2.45) is 5.92 Å². The van der Waals surface area contributed by atoms with Crippen molar-refractivity contribution in [1.29, 1.82) is 0 Å². The predicted molar refractivity (Wildman–Crippen MR) is 70.3 cm³/mol. The third-order valence-electron chi connectivity index (χ3n) is 3.67. The normalized spacial score (nSPS) is 25.8. The smallest absolute Gasteiger partial charge is 0.349 e. The molecule has 1 aliphatic heterocycles. The fourth-order valence-electron chi connectivity index (χ4n) is 2.58. The molecule has 0 aromatic carbocycles. The minimum atomic E-state index is -0.717. The number of rotatable bonds is 2. The summed E-state index contributed by atoms with van der Waals surface area (Å²) >= 11 is 1.50. The van der Waals surface area contributed by atoms with Crippen LogP contribution in [-0.4, -0.2) is 24.6 Å². The van der Waals surface area contributed by atoms with E-state index in [1.165, 1.54) is 28.2 Å². The molecular formula is C14H16O4S. The summed E-state index contributed by atoms with van der Waals surface area (Å²) in [6.07, 6.45) is 3.00. The lowest BCUT2D eigenvalue weighted by molar-refractivity contribution is -0.145. The van der Waals surface area contributed by atoms with Crippen molar-refractivity contribution in [2.75, 3.05) is 6.61 Å². The fraction of sp³-hybridized carbons (Fsp3) is 0.571. The number of aryl methyl sites for hydroxylation is 1. The second-order valence-electron chi connectivity index (χ2n) is 5.26. The Labute approximate surface area is 115 Å². The zero-order valence-corrected chi connectivity index (χ0v) is 11.6. The molecule has 1 fully saturated rings. The van der Waals surface area contributed by atoms with Crippen LogP contribution in [0.3, 0.4) is 0 Å². The van der Waals surface area contributed by atoms with Crippen molar-refractivity contribution in [1.82, 2.24) is 0 Å². The van der Waals surface area contributed by atoms with Gasteiger partial charge < -0.3 is 9.47 Å². The maximum absolute atomic E-state index is 12.0. The molecule has 1 saturated heterocycles. The first-order valence-corrected chi connectivity index (χ1v) is 7.44. The number of esters is 2. The molecular weight excluding hydrogens is 264 g/mol. The maximum atomic E-state index is 12.0. The Kier molecular flexibility index (Phi) is 3.31. The van der Waals surface area contributed by atoms with E-state index in [4.69, 9.17) is 9.47 Å². The summed E-state index contributed by atoms with van der Waals surface area (Å²) in [6, 6.07) is 1.93. The number of ether oxygens (including phenoxy) is 2. The molecule has 2 heterocycles. The lowest BCUT2D eigenvalue weighted by Crippen LogP contribution is -2.22. The molecule has 1 aliphatic carbocycles. The van der Waals surface area contributed by atoms with E-state index >= 15 is 0 Å². The average molecular weight is 280 g/mol. The number of fused-ring (bicyclic) bond motifs is 1. The van der Waals surface area contributed by atoms with E-state index in [2.05, 4.69) is 6.92 Å². The number of thiophene rings is 1. The first kappa shape index (κ1) is 12.7. The molecule has 2 atom stereocenters. The van der Waals surface area contributed by atoms with Gasteiger partial charge in [0.15, 0.2) is 0 Å². The Morgan fingerprint density at radius 1 is 1.47 bits per heavy atom. The summed E-state index contributed by atoms with van der Waals surface area (Å²) in [4.78, 5) is 25.2. The second kappa shape index (κ2) is 4.96. The number of carbonyl (C=O) groups excluding carboxylic acids is 2. The monoisotopic (exact) mass is 280 g/mol. The van der Waals surface area contributed by atoms with Gasteiger partial charge in [0.1, 0.15) is 4.88 Å². The van der Waals surface area contributed by atoms with Crippen LogP contribution in [0.1, 0.15) is 39.9 Å². The third kappa shape index (κ3) is 2.52. The third-order valence-corrected chi connectivity index (χ3v) is 4.88. The molecule has 0 spiro atoms. The zero-order chi connectivity index (χ0) is 13.4. The van der Waals surface area contributed by atoms with Crippen molar-refractivity contribution in [3.63, 3.8) is 0 Å². The molecule has 1 aromatic heterocycles. The largest absolute Gasteiger partial charge is 0.463 e. The summed E-state index contributed by atoms with van der Waals surface area (Å²) < 4.78 is 10.00. The van der Waals surface area contributed by atoms with Crippen LogP contribution in [0, 0.1) is 5.92 Å². The van der Waals surface area contributed by atoms with Crippen molar-refractivity contribution < 1.29 is 19.1 Å². The van der Waals surface area contributed by atoms with Crippen LogP contribution < -0.4 is 0 Å². The molecule has 1 aromatic rings.